The maximum atomic E-state index is 5.41. The standard InChI is InChI=1S/C19H20N6O/c1-2-4-17-14(3-1)13-20-19-22-18(23-25(17)19)21-15-5-7-16(8-6-15)24-9-11-26-12-10-24/h1-8H,9-13H2,(H2,20,21,22,23). The summed E-state index contributed by atoms with van der Waals surface area (Å²) in [6.07, 6.45) is 0. The molecule has 0 saturated carbocycles. The van der Waals surface area contributed by atoms with Crippen LogP contribution in [0.1, 0.15) is 5.56 Å². The molecule has 1 aromatic heterocycles. The number of ether oxygens (including phenoxy) is 1. The van der Waals surface area contributed by atoms with Crippen molar-refractivity contribution in [3.8, 4) is 5.69 Å². The third-order valence-corrected chi connectivity index (χ3v) is 4.76. The molecule has 7 nitrogen and oxygen atoms in total. The molecule has 1 fully saturated rings. The fourth-order valence-electron chi connectivity index (χ4n) is 3.39. The van der Waals surface area contributed by atoms with Gasteiger partial charge in [0.05, 0.1) is 18.9 Å². The highest BCUT2D eigenvalue weighted by Crippen LogP contribution is 2.26. The first-order valence-corrected chi connectivity index (χ1v) is 8.86. The molecule has 2 aliphatic heterocycles. The monoisotopic (exact) mass is 348 g/mol. The van der Waals surface area contributed by atoms with E-state index in [2.05, 4.69) is 62.0 Å². The van der Waals surface area contributed by atoms with Crippen LogP contribution in [-0.2, 0) is 11.3 Å². The minimum atomic E-state index is 0.586. The maximum Gasteiger partial charge on any atom is 0.248 e. The third-order valence-electron chi connectivity index (χ3n) is 4.76. The SMILES string of the molecule is c1ccc2c(c1)CNc1nc(Nc3ccc(N4CCOCC4)cc3)nn1-2. The number of aromatic nitrogens is 3. The molecule has 0 bridgehead atoms. The Morgan fingerprint density at radius 3 is 2.65 bits per heavy atom. The Kier molecular flexibility index (Phi) is 3.71. The summed E-state index contributed by atoms with van der Waals surface area (Å²) < 4.78 is 7.26. The first-order valence-electron chi connectivity index (χ1n) is 8.86. The lowest BCUT2D eigenvalue weighted by atomic mass is 10.1. The molecule has 3 heterocycles. The number of morpholine rings is 1. The zero-order valence-electron chi connectivity index (χ0n) is 14.4. The molecule has 7 heteroatoms. The van der Waals surface area contributed by atoms with Crippen molar-refractivity contribution in [3.05, 3.63) is 54.1 Å². The molecule has 2 N–H and O–H groups in total. The van der Waals surface area contributed by atoms with Crippen molar-refractivity contribution in [3.63, 3.8) is 0 Å². The van der Waals surface area contributed by atoms with Gasteiger partial charge in [-0.2, -0.15) is 9.67 Å². The van der Waals surface area contributed by atoms with Crippen molar-refractivity contribution in [2.24, 2.45) is 0 Å². The minimum absolute atomic E-state index is 0.586. The summed E-state index contributed by atoms with van der Waals surface area (Å²) in [5.41, 5.74) is 4.47. The summed E-state index contributed by atoms with van der Waals surface area (Å²) in [4.78, 5) is 6.89. The third kappa shape index (κ3) is 2.76. The second-order valence-electron chi connectivity index (χ2n) is 6.42. The van der Waals surface area contributed by atoms with Crippen LogP contribution >= 0.6 is 0 Å². The predicted molar refractivity (Wildman–Crippen MR) is 101 cm³/mol. The molecule has 0 unspecified atom stereocenters. The van der Waals surface area contributed by atoms with Gasteiger partial charge >= 0.3 is 0 Å². The summed E-state index contributed by atoms with van der Waals surface area (Å²) in [5.74, 6) is 1.35. The van der Waals surface area contributed by atoms with Gasteiger partial charge < -0.3 is 20.3 Å². The fraction of sp³-hybridized carbons (Fsp3) is 0.263. The Labute approximate surface area is 151 Å². The van der Waals surface area contributed by atoms with E-state index in [0.717, 1.165) is 50.2 Å². The summed E-state index contributed by atoms with van der Waals surface area (Å²) in [5, 5.41) is 11.2. The van der Waals surface area contributed by atoms with Gasteiger partial charge in [0.1, 0.15) is 0 Å². The molecule has 26 heavy (non-hydrogen) atoms. The molecule has 3 aromatic rings. The van der Waals surface area contributed by atoms with Gasteiger partial charge in [0.2, 0.25) is 11.9 Å². The van der Waals surface area contributed by atoms with Crippen LogP contribution in [0.15, 0.2) is 48.5 Å². The molecule has 132 valence electrons. The highest BCUT2D eigenvalue weighted by Gasteiger charge is 2.19. The predicted octanol–water partition coefficient (Wildman–Crippen LogP) is 2.77. The van der Waals surface area contributed by atoms with Gasteiger partial charge in [0.25, 0.3) is 0 Å². The van der Waals surface area contributed by atoms with Crippen molar-refractivity contribution in [2.45, 2.75) is 6.54 Å². The average Bonchev–Trinajstić information content (AvgIpc) is 3.12. The summed E-state index contributed by atoms with van der Waals surface area (Å²) in [6.45, 7) is 4.22. The number of rotatable bonds is 3. The zero-order chi connectivity index (χ0) is 17.3. The number of fused-ring (bicyclic) bond motifs is 3. The van der Waals surface area contributed by atoms with E-state index < -0.39 is 0 Å². The van der Waals surface area contributed by atoms with E-state index in [1.165, 1.54) is 11.3 Å². The molecule has 0 amide bonds. The van der Waals surface area contributed by atoms with Crippen molar-refractivity contribution in [1.82, 2.24) is 14.8 Å². The van der Waals surface area contributed by atoms with Crippen LogP contribution in [0.4, 0.5) is 23.3 Å². The Balaban J connectivity index is 1.35. The van der Waals surface area contributed by atoms with Crippen LogP contribution in [-0.4, -0.2) is 41.1 Å². The lowest BCUT2D eigenvalue weighted by Gasteiger charge is -2.28. The van der Waals surface area contributed by atoms with Gasteiger partial charge in [-0.05, 0) is 35.9 Å². The summed E-state index contributed by atoms with van der Waals surface area (Å²) in [6, 6.07) is 16.6. The van der Waals surface area contributed by atoms with Crippen LogP contribution < -0.4 is 15.5 Å². The van der Waals surface area contributed by atoms with Gasteiger partial charge in [-0.15, -0.1) is 5.10 Å². The van der Waals surface area contributed by atoms with E-state index in [1.807, 2.05) is 16.8 Å². The first kappa shape index (κ1) is 15.2. The Bertz CT molecular complexity index is 914. The Hall–Kier alpha value is -3.06. The highest BCUT2D eigenvalue weighted by atomic mass is 16.5. The van der Waals surface area contributed by atoms with Gasteiger partial charge in [-0.25, -0.2) is 0 Å². The van der Waals surface area contributed by atoms with Gasteiger partial charge in [-0.1, -0.05) is 18.2 Å². The van der Waals surface area contributed by atoms with E-state index in [-0.39, 0.29) is 0 Å². The van der Waals surface area contributed by atoms with Crippen LogP contribution in [0.2, 0.25) is 0 Å². The Morgan fingerprint density at radius 2 is 1.81 bits per heavy atom. The zero-order valence-corrected chi connectivity index (χ0v) is 14.4. The second kappa shape index (κ2) is 6.34. The topological polar surface area (TPSA) is 67.2 Å². The van der Waals surface area contributed by atoms with E-state index in [9.17, 15) is 0 Å². The van der Waals surface area contributed by atoms with E-state index >= 15 is 0 Å². The fourth-order valence-corrected chi connectivity index (χ4v) is 3.39. The molecule has 0 aliphatic carbocycles. The lowest BCUT2D eigenvalue weighted by Crippen LogP contribution is -2.36. The van der Waals surface area contributed by atoms with Crippen molar-refractivity contribution in [1.29, 1.82) is 0 Å². The van der Waals surface area contributed by atoms with Gasteiger partial charge in [-0.3, -0.25) is 0 Å². The molecule has 1 saturated heterocycles. The first-order chi connectivity index (χ1) is 12.9. The highest BCUT2D eigenvalue weighted by molar-refractivity contribution is 5.61. The smallest absolute Gasteiger partial charge is 0.248 e. The van der Waals surface area contributed by atoms with Crippen molar-refractivity contribution >= 4 is 23.3 Å². The average molecular weight is 348 g/mol. The molecule has 5 rings (SSSR count). The number of anilines is 4. The van der Waals surface area contributed by atoms with Crippen LogP contribution in [0.3, 0.4) is 0 Å². The van der Waals surface area contributed by atoms with Crippen LogP contribution in [0, 0.1) is 0 Å². The maximum absolute atomic E-state index is 5.41. The number of hydrogen-bond acceptors (Lipinski definition) is 6. The number of nitrogens with one attached hydrogen (secondary N) is 2. The molecular weight excluding hydrogens is 328 g/mol. The van der Waals surface area contributed by atoms with Gasteiger partial charge in [0.15, 0.2) is 0 Å². The largest absolute Gasteiger partial charge is 0.378 e. The normalized spacial score (nSPS) is 15.8. The summed E-state index contributed by atoms with van der Waals surface area (Å²) in [7, 11) is 0. The molecule has 0 spiro atoms. The molecular formula is C19H20N6O. The van der Waals surface area contributed by atoms with E-state index in [1.54, 1.807) is 0 Å². The number of para-hydroxylation sites is 1. The number of nitrogens with zero attached hydrogens (tertiary/aromatic N) is 4. The van der Waals surface area contributed by atoms with Crippen LogP contribution in [0.25, 0.3) is 5.69 Å². The van der Waals surface area contributed by atoms with E-state index in [4.69, 9.17) is 4.74 Å². The molecule has 0 atom stereocenters. The quantitative estimate of drug-likeness (QED) is 0.759. The minimum Gasteiger partial charge on any atom is -0.378 e. The summed E-state index contributed by atoms with van der Waals surface area (Å²) >= 11 is 0. The molecule has 2 aromatic carbocycles. The number of hydrogen-bond donors (Lipinski definition) is 2. The van der Waals surface area contributed by atoms with Crippen molar-refractivity contribution < 1.29 is 4.74 Å². The van der Waals surface area contributed by atoms with Crippen molar-refractivity contribution in [2.75, 3.05) is 41.8 Å². The Morgan fingerprint density at radius 1 is 1.00 bits per heavy atom. The van der Waals surface area contributed by atoms with E-state index in [0.29, 0.717) is 5.95 Å². The molecule has 0 radical (unpaired) electrons. The van der Waals surface area contributed by atoms with Crippen LogP contribution in [0.5, 0.6) is 0 Å². The number of benzene rings is 2. The lowest BCUT2D eigenvalue weighted by molar-refractivity contribution is 0.122. The molecule has 2 aliphatic rings. The van der Waals surface area contributed by atoms with Gasteiger partial charge in [0, 0.05) is 31.0 Å². The second-order valence-corrected chi connectivity index (χ2v) is 6.42.